The summed E-state index contributed by atoms with van der Waals surface area (Å²) in [6.45, 7) is 15.3. The zero-order chi connectivity index (χ0) is 25.2. The van der Waals surface area contributed by atoms with Crippen molar-refractivity contribution in [2.45, 2.75) is 118 Å². The Bertz CT molecular complexity index is 927. The first kappa shape index (κ1) is 24.9. The molecule has 0 aromatic heterocycles. The number of allylic oxidation sites excluding steroid dienone is 2. The summed E-state index contributed by atoms with van der Waals surface area (Å²) in [5.41, 5.74) is 1.85. The smallest absolute Gasteiger partial charge is 0.162 e. The summed E-state index contributed by atoms with van der Waals surface area (Å²) in [5.74, 6) is 1.53. The lowest BCUT2D eigenvalue weighted by atomic mass is 9.33. The lowest BCUT2D eigenvalue weighted by Gasteiger charge is -2.71. The van der Waals surface area contributed by atoms with Crippen molar-refractivity contribution in [1.29, 1.82) is 0 Å². The average Bonchev–Trinajstić information content (AvgIpc) is 3.01. The van der Waals surface area contributed by atoms with Gasteiger partial charge in [0.2, 0.25) is 0 Å². The average molecular weight is 487 g/mol. The van der Waals surface area contributed by atoms with Crippen molar-refractivity contribution in [3.05, 3.63) is 11.6 Å². The van der Waals surface area contributed by atoms with Gasteiger partial charge < -0.3 is 19.7 Å². The van der Waals surface area contributed by atoms with Gasteiger partial charge in [-0.2, -0.15) is 0 Å². The number of aliphatic hydroxyl groups is 2. The van der Waals surface area contributed by atoms with Gasteiger partial charge in [-0.25, -0.2) is 0 Å². The molecule has 1 spiro atoms. The third-order valence-electron chi connectivity index (χ3n) is 14.0. The topological polar surface area (TPSA) is 58.9 Å². The molecule has 11 unspecified atom stereocenters. The van der Waals surface area contributed by atoms with Gasteiger partial charge in [-0.15, -0.1) is 0 Å². The Labute approximate surface area is 213 Å². The Kier molecular flexibility index (Phi) is 5.24. The summed E-state index contributed by atoms with van der Waals surface area (Å²) in [6, 6.07) is 0. The monoisotopic (exact) mass is 486 g/mol. The van der Waals surface area contributed by atoms with Crippen LogP contribution >= 0.6 is 0 Å². The van der Waals surface area contributed by atoms with E-state index in [2.05, 4.69) is 47.6 Å². The number of hydrogen-bond donors (Lipinski definition) is 2. The summed E-state index contributed by atoms with van der Waals surface area (Å²) in [4.78, 5) is 0. The molecule has 6 fully saturated rings. The van der Waals surface area contributed by atoms with Crippen molar-refractivity contribution in [3.63, 3.8) is 0 Å². The Hall–Kier alpha value is -0.420. The largest absolute Gasteiger partial charge is 0.393 e. The highest BCUT2D eigenvalue weighted by Crippen LogP contribution is 2.76. The van der Waals surface area contributed by atoms with Gasteiger partial charge >= 0.3 is 0 Å². The van der Waals surface area contributed by atoms with Gasteiger partial charge in [-0.05, 0) is 97.2 Å². The van der Waals surface area contributed by atoms with E-state index in [-0.39, 0.29) is 51.0 Å². The Morgan fingerprint density at radius 3 is 2.34 bits per heavy atom. The van der Waals surface area contributed by atoms with E-state index in [9.17, 15) is 10.2 Å². The lowest BCUT2D eigenvalue weighted by Crippen LogP contribution is -2.66. The second-order valence-corrected chi connectivity index (χ2v) is 15.4. The minimum Gasteiger partial charge on any atom is -0.393 e. The van der Waals surface area contributed by atoms with Gasteiger partial charge in [0, 0.05) is 17.9 Å². The van der Waals surface area contributed by atoms with Gasteiger partial charge in [0.05, 0.1) is 18.8 Å². The fourth-order valence-electron chi connectivity index (χ4n) is 11.5. The number of methoxy groups -OCH3 is 1. The number of rotatable bonds is 1. The van der Waals surface area contributed by atoms with E-state index in [0.717, 1.165) is 44.9 Å². The van der Waals surface area contributed by atoms with Crippen LogP contribution in [0.15, 0.2) is 11.6 Å². The molecule has 2 N–H and O–H groups in total. The molecule has 35 heavy (non-hydrogen) atoms. The Morgan fingerprint density at radius 1 is 0.886 bits per heavy atom. The minimum atomic E-state index is -0.333. The molecule has 4 nitrogen and oxygen atoms in total. The minimum absolute atomic E-state index is 0.00282. The highest BCUT2D eigenvalue weighted by Gasteiger charge is 2.71. The number of ether oxygens (including phenoxy) is 2. The van der Waals surface area contributed by atoms with Crippen LogP contribution in [0.5, 0.6) is 0 Å². The van der Waals surface area contributed by atoms with Crippen LogP contribution in [0.4, 0.5) is 0 Å². The summed E-state index contributed by atoms with van der Waals surface area (Å²) in [6.07, 6.45) is 11.5. The maximum atomic E-state index is 12.0. The zero-order valence-corrected chi connectivity index (χ0v) is 23.3. The van der Waals surface area contributed by atoms with Crippen LogP contribution in [0.25, 0.3) is 0 Å². The van der Waals surface area contributed by atoms with Crippen molar-refractivity contribution in [3.8, 4) is 0 Å². The standard InChI is InChI=1S/C31H50O4/c1-26(2)21-10-13-29(5)22(28(21,4)12-11-23(26)32)9-8-19-20-16-27(3)14-15-31(20,18-35-25(27)34-7)24(33)17-30(19,29)6/h8,20-25,32-33H,9-18H2,1-7H3. The van der Waals surface area contributed by atoms with Crippen LogP contribution in [0.2, 0.25) is 0 Å². The molecule has 2 saturated heterocycles. The maximum absolute atomic E-state index is 12.0. The zero-order valence-electron chi connectivity index (χ0n) is 23.3. The van der Waals surface area contributed by atoms with Crippen LogP contribution in [-0.4, -0.2) is 42.4 Å². The van der Waals surface area contributed by atoms with Gasteiger partial charge in [-0.3, -0.25) is 0 Å². The van der Waals surface area contributed by atoms with E-state index in [1.807, 2.05) is 0 Å². The predicted octanol–water partition coefficient (Wildman–Crippen LogP) is 6.10. The van der Waals surface area contributed by atoms with Crippen LogP contribution in [0.1, 0.15) is 99.3 Å². The Morgan fingerprint density at radius 2 is 1.63 bits per heavy atom. The highest BCUT2D eigenvalue weighted by atomic mass is 16.7. The van der Waals surface area contributed by atoms with E-state index in [1.165, 1.54) is 12.8 Å². The molecule has 0 radical (unpaired) electrons. The summed E-state index contributed by atoms with van der Waals surface area (Å²) < 4.78 is 12.3. The van der Waals surface area contributed by atoms with Crippen LogP contribution in [0, 0.1) is 50.2 Å². The molecule has 0 amide bonds. The molecular formula is C31H50O4. The second kappa shape index (κ2) is 7.36. The van der Waals surface area contributed by atoms with Crippen molar-refractivity contribution in [2.75, 3.05) is 13.7 Å². The summed E-state index contributed by atoms with van der Waals surface area (Å²) in [7, 11) is 1.78. The molecule has 2 aliphatic heterocycles. The number of hydrogen-bond acceptors (Lipinski definition) is 4. The van der Waals surface area contributed by atoms with Gasteiger partial charge in [-0.1, -0.05) is 53.2 Å². The molecule has 4 heteroatoms. The fourth-order valence-corrected chi connectivity index (χ4v) is 11.5. The van der Waals surface area contributed by atoms with Gasteiger partial charge in [0.15, 0.2) is 6.29 Å². The third kappa shape index (κ3) is 2.84. The van der Waals surface area contributed by atoms with E-state index < -0.39 is 0 Å². The number of aliphatic hydroxyl groups excluding tert-OH is 2. The quantitative estimate of drug-likeness (QED) is 0.440. The molecule has 198 valence electrons. The van der Waals surface area contributed by atoms with Crippen molar-refractivity contribution < 1.29 is 19.7 Å². The first-order valence-corrected chi connectivity index (χ1v) is 14.5. The normalized spacial score (nSPS) is 58.8. The molecule has 5 aliphatic carbocycles. The first-order chi connectivity index (χ1) is 16.3. The van der Waals surface area contributed by atoms with E-state index >= 15 is 0 Å². The van der Waals surface area contributed by atoms with Crippen molar-refractivity contribution in [1.82, 2.24) is 0 Å². The fraction of sp³-hybridized carbons (Fsp3) is 0.935. The van der Waals surface area contributed by atoms with Crippen molar-refractivity contribution in [2.24, 2.45) is 50.2 Å². The predicted molar refractivity (Wildman–Crippen MR) is 138 cm³/mol. The molecule has 0 aromatic carbocycles. The molecule has 2 bridgehead atoms. The van der Waals surface area contributed by atoms with Crippen LogP contribution < -0.4 is 0 Å². The van der Waals surface area contributed by atoms with Crippen LogP contribution in [-0.2, 0) is 9.47 Å². The summed E-state index contributed by atoms with van der Waals surface area (Å²) in [5, 5.41) is 22.9. The third-order valence-corrected chi connectivity index (χ3v) is 14.0. The molecular weight excluding hydrogens is 436 g/mol. The molecule has 11 atom stereocenters. The maximum Gasteiger partial charge on any atom is 0.162 e. The molecule has 7 aliphatic rings. The SMILES string of the molecule is COC1OCC23CCC1(C)CC2C1=CCC2C4(C)CCC(O)C(C)(C)C4CCC2(C)C1(C)CC3O. The molecule has 2 heterocycles. The molecule has 4 saturated carbocycles. The van der Waals surface area contributed by atoms with Gasteiger partial charge in [0.1, 0.15) is 0 Å². The van der Waals surface area contributed by atoms with E-state index in [1.54, 1.807) is 12.7 Å². The Balaban J connectivity index is 1.44. The van der Waals surface area contributed by atoms with Crippen LogP contribution in [0.3, 0.4) is 0 Å². The molecule has 0 aromatic rings. The number of fused-ring (bicyclic) bond motifs is 8. The van der Waals surface area contributed by atoms with E-state index in [0.29, 0.717) is 24.4 Å². The molecule has 7 rings (SSSR count). The lowest BCUT2D eigenvalue weighted by molar-refractivity contribution is -0.215. The second-order valence-electron chi connectivity index (χ2n) is 15.4. The van der Waals surface area contributed by atoms with Crippen molar-refractivity contribution >= 4 is 0 Å². The first-order valence-electron chi connectivity index (χ1n) is 14.5. The van der Waals surface area contributed by atoms with Gasteiger partial charge in [0.25, 0.3) is 0 Å². The summed E-state index contributed by atoms with van der Waals surface area (Å²) >= 11 is 0. The van der Waals surface area contributed by atoms with E-state index in [4.69, 9.17) is 9.47 Å². The highest BCUT2D eigenvalue weighted by molar-refractivity contribution is 5.35.